The van der Waals surface area contributed by atoms with Crippen LogP contribution >= 0.6 is 11.6 Å². The van der Waals surface area contributed by atoms with E-state index < -0.39 is 0 Å². The zero-order valence-corrected chi connectivity index (χ0v) is 17.1. The van der Waals surface area contributed by atoms with E-state index in [4.69, 9.17) is 11.6 Å². The normalized spacial score (nSPS) is 27.6. The lowest BCUT2D eigenvalue weighted by atomic mass is 9.77. The summed E-state index contributed by atoms with van der Waals surface area (Å²) in [5, 5.41) is 3.91. The zero-order valence-electron chi connectivity index (χ0n) is 16.4. The maximum atomic E-state index is 12.8. The molecule has 3 fully saturated rings. The molecule has 1 aromatic rings. The molecule has 0 spiro atoms. The minimum absolute atomic E-state index is 0.0305. The van der Waals surface area contributed by atoms with Crippen LogP contribution in [0.5, 0.6) is 0 Å². The van der Waals surface area contributed by atoms with Crippen LogP contribution in [-0.4, -0.2) is 60.4 Å². The van der Waals surface area contributed by atoms with E-state index in [0.29, 0.717) is 23.7 Å². The fraction of sp³-hybridized carbons (Fsp3) is 0.545. The second-order valence-electron chi connectivity index (χ2n) is 8.04. The van der Waals surface area contributed by atoms with Gasteiger partial charge in [-0.05, 0) is 56.3 Å². The third-order valence-corrected chi connectivity index (χ3v) is 6.70. The second-order valence-corrected chi connectivity index (χ2v) is 8.45. The Morgan fingerprint density at radius 1 is 1.32 bits per heavy atom. The van der Waals surface area contributed by atoms with Gasteiger partial charge in [-0.1, -0.05) is 29.8 Å². The molecule has 4 rings (SSSR count). The molecular formula is C22H28ClN3O2. The van der Waals surface area contributed by atoms with Gasteiger partial charge in [-0.2, -0.15) is 0 Å². The largest absolute Gasteiger partial charge is 0.339 e. The Morgan fingerprint density at radius 3 is 2.82 bits per heavy atom. The number of likely N-dealkylation sites (tertiary alicyclic amines) is 2. The molecule has 28 heavy (non-hydrogen) atoms. The Balaban J connectivity index is 1.59. The predicted octanol–water partition coefficient (Wildman–Crippen LogP) is 3.06. The summed E-state index contributed by atoms with van der Waals surface area (Å²) in [7, 11) is 0. The molecule has 0 aliphatic carbocycles. The standard InChI is InChI=1S/C22H28ClN3O2/c1-2-3-10-26-14-18(16-8-9-24-20(16)22(26)28)15-6-7-17(19(23)13-15)21(27)25-11-4-5-12-25/h2-3,6-7,13,16,18,20,24H,4-5,8-12,14H2,1H3/b3-2+. The van der Waals surface area contributed by atoms with Crippen LogP contribution in [0.15, 0.2) is 30.4 Å². The Kier molecular flexibility index (Phi) is 5.74. The Morgan fingerprint density at radius 2 is 2.11 bits per heavy atom. The summed E-state index contributed by atoms with van der Waals surface area (Å²) in [6, 6.07) is 5.75. The van der Waals surface area contributed by atoms with Gasteiger partial charge in [0, 0.05) is 32.1 Å². The second kappa shape index (κ2) is 8.26. The van der Waals surface area contributed by atoms with Gasteiger partial charge in [0.15, 0.2) is 0 Å². The lowest BCUT2D eigenvalue weighted by molar-refractivity contribution is -0.137. The first-order valence-corrected chi connectivity index (χ1v) is 10.7. The van der Waals surface area contributed by atoms with Gasteiger partial charge < -0.3 is 15.1 Å². The number of hydrogen-bond acceptors (Lipinski definition) is 3. The number of carbonyl (C=O) groups is 2. The van der Waals surface area contributed by atoms with Crippen LogP contribution in [0.25, 0.3) is 0 Å². The van der Waals surface area contributed by atoms with Crippen LogP contribution in [0.3, 0.4) is 0 Å². The maximum Gasteiger partial charge on any atom is 0.255 e. The van der Waals surface area contributed by atoms with Crippen molar-refractivity contribution in [1.29, 1.82) is 0 Å². The Hall–Kier alpha value is -1.85. The first kappa shape index (κ1) is 19.5. The molecule has 3 unspecified atom stereocenters. The molecule has 150 valence electrons. The summed E-state index contributed by atoms with van der Waals surface area (Å²) in [6.07, 6.45) is 7.12. The van der Waals surface area contributed by atoms with Gasteiger partial charge in [0.05, 0.1) is 16.6 Å². The van der Waals surface area contributed by atoms with E-state index >= 15 is 0 Å². The Labute approximate surface area is 171 Å². The summed E-state index contributed by atoms with van der Waals surface area (Å²) in [5.74, 6) is 0.744. The van der Waals surface area contributed by atoms with Crippen LogP contribution in [0, 0.1) is 5.92 Å². The smallest absolute Gasteiger partial charge is 0.255 e. The number of nitrogens with one attached hydrogen (secondary N) is 1. The van der Waals surface area contributed by atoms with Crippen LogP contribution in [0.4, 0.5) is 0 Å². The number of nitrogens with zero attached hydrogens (tertiary/aromatic N) is 2. The van der Waals surface area contributed by atoms with Gasteiger partial charge in [0.2, 0.25) is 5.91 Å². The monoisotopic (exact) mass is 401 g/mol. The number of piperidine rings is 1. The maximum absolute atomic E-state index is 12.8. The molecule has 0 bridgehead atoms. The number of fused-ring (bicyclic) bond motifs is 1. The van der Waals surface area contributed by atoms with Crippen LogP contribution in [0.1, 0.15) is 48.0 Å². The first-order chi connectivity index (χ1) is 13.6. The molecule has 3 atom stereocenters. The molecule has 1 N–H and O–H groups in total. The third-order valence-electron chi connectivity index (χ3n) is 6.39. The molecule has 3 heterocycles. The van der Waals surface area contributed by atoms with Gasteiger partial charge >= 0.3 is 0 Å². The van der Waals surface area contributed by atoms with Crippen molar-refractivity contribution >= 4 is 23.4 Å². The fourth-order valence-electron chi connectivity index (χ4n) is 4.86. The summed E-state index contributed by atoms with van der Waals surface area (Å²) in [5.41, 5.74) is 1.71. The van der Waals surface area contributed by atoms with E-state index in [1.165, 1.54) is 0 Å². The lowest BCUT2D eigenvalue weighted by Crippen LogP contribution is -2.54. The van der Waals surface area contributed by atoms with E-state index in [-0.39, 0.29) is 29.7 Å². The molecule has 3 saturated heterocycles. The van der Waals surface area contributed by atoms with Gasteiger partial charge in [0.1, 0.15) is 0 Å². The average Bonchev–Trinajstić information content (AvgIpc) is 3.39. The highest BCUT2D eigenvalue weighted by Crippen LogP contribution is 2.39. The molecule has 3 aliphatic rings. The molecule has 1 aromatic carbocycles. The summed E-state index contributed by atoms with van der Waals surface area (Å²) in [4.78, 5) is 29.3. The summed E-state index contributed by atoms with van der Waals surface area (Å²) >= 11 is 6.56. The number of benzene rings is 1. The molecule has 5 nitrogen and oxygen atoms in total. The van der Waals surface area contributed by atoms with Crippen molar-refractivity contribution in [1.82, 2.24) is 15.1 Å². The minimum atomic E-state index is -0.117. The van der Waals surface area contributed by atoms with Gasteiger partial charge in [-0.3, -0.25) is 9.59 Å². The van der Waals surface area contributed by atoms with Gasteiger partial charge in [-0.15, -0.1) is 0 Å². The molecule has 0 radical (unpaired) electrons. The van der Waals surface area contributed by atoms with E-state index in [9.17, 15) is 9.59 Å². The number of hydrogen-bond donors (Lipinski definition) is 1. The zero-order chi connectivity index (χ0) is 19.7. The summed E-state index contributed by atoms with van der Waals surface area (Å²) < 4.78 is 0. The highest BCUT2D eigenvalue weighted by molar-refractivity contribution is 6.33. The molecule has 0 saturated carbocycles. The van der Waals surface area contributed by atoms with Crippen molar-refractivity contribution in [3.05, 3.63) is 46.5 Å². The summed E-state index contributed by atoms with van der Waals surface area (Å²) in [6.45, 7) is 5.80. The van der Waals surface area contributed by atoms with E-state index in [2.05, 4.69) is 5.32 Å². The average molecular weight is 402 g/mol. The fourth-order valence-corrected chi connectivity index (χ4v) is 5.13. The third kappa shape index (κ3) is 3.58. The van der Waals surface area contributed by atoms with Crippen molar-refractivity contribution in [3.8, 4) is 0 Å². The molecule has 6 heteroatoms. The van der Waals surface area contributed by atoms with Crippen LogP contribution < -0.4 is 5.32 Å². The lowest BCUT2D eigenvalue weighted by Gasteiger charge is -2.40. The van der Waals surface area contributed by atoms with E-state index in [1.54, 1.807) is 0 Å². The van der Waals surface area contributed by atoms with Gasteiger partial charge in [-0.25, -0.2) is 0 Å². The minimum Gasteiger partial charge on any atom is -0.339 e. The van der Waals surface area contributed by atoms with Gasteiger partial charge in [0.25, 0.3) is 5.91 Å². The topological polar surface area (TPSA) is 52.7 Å². The molecule has 2 amide bonds. The molecule has 3 aliphatic heterocycles. The number of carbonyl (C=O) groups excluding carboxylic acids is 2. The van der Waals surface area contributed by atoms with Crippen LogP contribution in [0.2, 0.25) is 5.02 Å². The quantitative estimate of drug-likeness (QED) is 0.789. The number of rotatable bonds is 4. The van der Waals surface area contributed by atoms with E-state index in [0.717, 1.165) is 44.5 Å². The number of amides is 2. The van der Waals surface area contributed by atoms with E-state index in [1.807, 2.05) is 47.1 Å². The number of allylic oxidation sites excluding steroid dienone is 1. The number of halogens is 1. The highest BCUT2D eigenvalue weighted by atomic mass is 35.5. The Bertz CT molecular complexity index is 788. The van der Waals surface area contributed by atoms with Crippen molar-refractivity contribution in [3.63, 3.8) is 0 Å². The van der Waals surface area contributed by atoms with Crippen molar-refractivity contribution in [2.24, 2.45) is 5.92 Å². The predicted molar refractivity (Wildman–Crippen MR) is 111 cm³/mol. The first-order valence-electron chi connectivity index (χ1n) is 10.3. The van der Waals surface area contributed by atoms with Crippen molar-refractivity contribution < 1.29 is 9.59 Å². The SMILES string of the molecule is C/C=C/CN1CC(c2ccc(C(=O)N3CCCC3)c(Cl)c2)C2CCNC2C1=O. The van der Waals surface area contributed by atoms with Crippen molar-refractivity contribution in [2.45, 2.75) is 38.1 Å². The highest BCUT2D eigenvalue weighted by Gasteiger charge is 2.45. The molecular weight excluding hydrogens is 374 g/mol. The van der Waals surface area contributed by atoms with Crippen LogP contribution in [-0.2, 0) is 4.79 Å². The van der Waals surface area contributed by atoms with Crippen molar-refractivity contribution in [2.75, 3.05) is 32.7 Å². The molecule has 0 aromatic heterocycles.